The van der Waals surface area contributed by atoms with Crippen LogP contribution in [-0.4, -0.2) is 35.1 Å². The average molecular weight is 330 g/mol. The Morgan fingerprint density at radius 1 is 1.13 bits per heavy atom. The van der Waals surface area contributed by atoms with Crippen molar-refractivity contribution in [3.63, 3.8) is 0 Å². The lowest BCUT2D eigenvalue weighted by molar-refractivity contribution is -0.174. The first-order chi connectivity index (χ1) is 10.8. The molecule has 1 amide bonds. The molecule has 2 saturated heterocycles. The Bertz CT molecular complexity index is 558. The van der Waals surface area contributed by atoms with Crippen molar-refractivity contribution in [1.29, 1.82) is 0 Å². The molecule has 3 nitrogen and oxygen atoms in total. The van der Waals surface area contributed by atoms with Crippen LogP contribution in [0.15, 0.2) is 24.3 Å². The summed E-state index contributed by atoms with van der Waals surface area (Å²) in [5.41, 5.74) is 0.987. The second kappa shape index (κ2) is 6.11. The van der Waals surface area contributed by atoms with E-state index in [-0.39, 0.29) is 17.9 Å². The quantitative estimate of drug-likeness (QED) is 0.864. The molecule has 0 saturated carbocycles. The number of carbonyl (C=O) groups is 1. The third-order valence-electron chi connectivity index (χ3n) is 4.76. The number of fused-ring (bicyclic) bond motifs is 2. The Labute approximate surface area is 131 Å². The fraction of sp³-hybridized carbons (Fsp3) is 0.562. The summed E-state index contributed by atoms with van der Waals surface area (Å²) in [6, 6.07) is 6.18. The van der Waals surface area contributed by atoms with E-state index in [0.717, 1.165) is 18.4 Å². The van der Waals surface area contributed by atoms with Crippen LogP contribution in [0.1, 0.15) is 31.2 Å². The van der Waals surface area contributed by atoms with E-state index in [0.29, 0.717) is 19.4 Å². The van der Waals surface area contributed by atoms with Gasteiger partial charge in [-0.2, -0.15) is 13.2 Å². The molecule has 1 aromatic rings. The van der Waals surface area contributed by atoms with Crippen LogP contribution in [-0.2, 0) is 11.3 Å². The number of nitrogens with one attached hydrogen (secondary N) is 1. The summed E-state index contributed by atoms with van der Waals surface area (Å²) < 4.78 is 50.0. The van der Waals surface area contributed by atoms with Gasteiger partial charge in [0, 0.05) is 24.7 Å². The molecule has 23 heavy (non-hydrogen) atoms. The Morgan fingerprint density at radius 2 is 1.70 bits per heavy atom. The third-order valence-corrected chi connectivity index (χ3v) is 4.76. The zero-order valence-electron chi connectivity index (χ0n) is 12.4. The Hall–Kier alpha value is -1.63. The summed E-state index contributed by atoms with van der Waals surface area (Å²) in [4.78, 5) is 13.4. The highest BCUT2D eigenvalue weighted by Crippen LogP contribution is 2.37. The molecule has 2 aliphatic rings. The van der Waals surface area contributed by atoms with Crippen LogP contribution in [0, 0.1) is 5.82 Å². The van der Waals surface area contributed by atoms with E-state index in [1.165, 1.54) is 12.1 Å². The summed E-state index contributed by atoms with van der Waals surface area (Å²) in [5.74, 6) is -2.14. The maximum Gasteiger partial charge on any atom is 0.471 e. The second-order valence-corrected chi connectivity index (χ2v) is 6.32. The van der Waals surface area contributed by atoms with Crippen molar-refractivity contribution in [3.05, 3.63) is 35.6 Å². The molecule has 2 fully saturated rings. The molecule has 2 bridgehead atoms. The van der Waals surface area contributed by atoms with Crippen LogP contribution in [0.25, 0.3) is 0 Å². The normalized spacial score (nSPS) is 27.9. The molecular weight excluding hydrogens is 312 g/mol. The maximum atomic E-state index is 13.0. The Kier molecular flexibility index (Phi) is 4.31. The van der Waals surface area contributed by atoms with Gasteiger partial charge in [-0.25, -0.2) is 4.39 Å². The van der Waals surface area contributed by atoms with E-state index in [9.17, 15) is 22.4 Å². The number of nitrogens with zero attached hydrogens (tertiary/aromatic N) is 1. The summed E-state index contributed by atoms with van der Waals surface area (Å²) in [5, 5.41) is 2.11. The molecule has 3 rings (SSSR count). The van der Waals surface area contributed by atoms with Crippen LogP contribution < -0.4 is 5.32 Å². The summed E-state index contributed by atoms with van der Waals surface area (Å²) in [6.45, 7) is 0.662. The van der Waals surface area contributed by atoms with E-state index in [4.69, 9.17) is 0 Å². The van der Waals surface area contributed by atoms with Crippen LogP contribution in [0.3, 0.4) is 0 Å². The van der Waals surface area contributed by atoms with Gasteiger partial charge in [-0.05, 0) is 43.4 Å². The van der Waals surface area contributed by atoms with Crippen LogP contribution in [0.4, 0.5) is 17.6 Å². The molecule has 7 heteroatoms. The largest absolute Gasteiger partial charge is 0.471 e. The molecule has 2 heterocycles. The van der Waals surface area contributed by atoms with Gasteiger partial charge < -0.3 is 5.32 Å². The monoisotopic (exact) mass is 330 g/mol. The zero-order valence-corrected chi connectivity index (χ0v) is 12.4. The number of piperidine rings is 1. The van der Waals surface area contributed by atoms with Crippen molar-refractivity contribution < 1.29 is 22.4 Å². The molecule has 0 spiro atoms. The summed E-state index contributed by atoms with van der Waals surface area (Å²) in [6.07, 6.45) is -1.93. The van der Waals surface area contributed by atoms with Crippen molar-refractivity contribution >= 4 is 5.91 Å². The molecule has 0 radical (unpaired) electrons. The molecule has 2 aliphatic heterocycles. The van der Waals surface area contributed by atoms with E-state index in [1.54, 1.807) is 12.1 Å². The minimum atomic E-state index is -4.83. The third kappa shape index (κ3) is 3.65. The molecule has 126 valence electrons. The number of rotatable bonds is 3. The van der Waals surface area contributed by atoms with E-state index < -0.39 is 18.1 Å². The van der Waals surface area contributed by atoms with Crippen molar-refractivity contribution in [2.75, 3.05) is 0 Å². The minimum Gasteiger partial charge on any atom is -0.345 e. The standard InChI is InChI=1S/C16H18F4N2O/c17-11-3-1-10(2-4-11)9-22-13-5-6-14(22)8-12(7-13)21-15(23)16(18,19)20/h1-4,12-14H,5-9H2,(H,21,23)/t12-,13+,14-. The maximum absolute atomic E-state index is 13.0. The van der Waals surface area contributed by atoms with Crippen LogP contribution in [0.2, 0.25) is 0 Å². The number of carbonyl (C=O) groups excluding carboxylic acids is 1. The van der Waals surface area contributed by atoms with Crippen LogP contribution in [0.5, 0.6) is 0 Å². The van der Waals surface area contributed by atoms with Gasteiger partial charge in [-0.3, -0.25) is 9.69 Å². The molecule has 0 aliphatic carbocycles. The fourth-order valence-electron chi connectivity index (χ4n) is 3.72. The van der Waals surface area contributed by atoms with Gasteiger partial charge in [-0.15, -0.1) is 0 Å². The first-order valence-corrected chi connectivity index (χ1v) is 7.71. The smallest absolute Gasteiger partial charge is 0.345 e. The predicted octanol–water partition coefficient (Wildman–Crippen LogP) is 3.00. The van der Waals surface area contributed by atoms with Gasteiger partial charge in [-0.1, -0.05) is 12.1 Å². The lowest BCUT2D eigenvalue weighted by Crippen LogP contribution is -2.52. The first-order valence-electron chi connectivity index (χ1n) is 7.71. The molecular formula is C16H18F4N2O. The fourth-order valence-corrected chi connectivity index (χ4v) is 3.72. The van der Waals surface area contributed by atoms with Gasteiger partial charge >= 0.3 is 12.1 Å². The molecule has 1 N–H and O–H groups in total. The van der Waals surface area contributed by atoms with Crippen molar-refractivity contribution in [2.45, 2.75) is 56.5 Å². The number of benzene rings is 1. The first kappa shape index (κ1) is 16.2. The van der Waals surface area contributed by atoms with Crippen molar-refractivity contribution in [2.24, 2.45) is 0 Å². The second-order valence-electron chi connectivity index (χ2n) is 6.32. The lowest BCUT2D eigenvalue weighted by atomic mass is 9.96. The van der Waals surface area contributed by atoms with Gasteiger partial charge in [0.25, 0.3) is 0 Å². The van der Waals surface area contributed by atoms with E-state index >= 15 is 0 Å². The van der Waals surface area contributed by atoms with Gasteiger partial charge in [0.15, 0.2) is 0 Å². The number of amides is 1. The summed E-state index contributed by atoms with van der Waals surface area (Å²) in [7, 11) is 0. The highest BCUT2D eigenvalue weighted by atomic mass is 19.4. The number of hydrogen-bond donors (Lipinski definition) is 1. The van der Waals surface area contributed by atoms with Crippen molar-refractivity contribution in [1.82, 2.24) is 10.2 Å². The van der Waals surface area contributed by atoms with Crippen LogP contribution >= 0.6 is 0 Å². The minimum absolute atomic E-state index is 0.164. The highest BCUT2D eigenvalue weighted by molar-refractivity contribution is 5.81. The highest BCUT2D eigenvalue weighted by Gasteiger charge is 2.44. The van der Waals surface area contributed by atoms with Gasteiger partial charge in [0.05, 0.1) is 0 Å². The Morgan fingerprint density at radius 3 is 2.22 bits per heavy atom. The number of alkyl halides is 3. The van der Waals surface area contributed by atoms with Gasteiger partial charge in [0.1, 0.15) is 5.82 Å². The Balaban J connectivity index is 1.61. The number of halogens is 4. The topological polar surface area (TPSA) is 32.3 Å². The zero-order chi connectivity index (χ0) is 16.6. The molecule has 0 unspecified atom stereocenters. The summed E-state index contributed by atoms with van der Waals surface area (Å²) >= 11 is 0. The lowest BCUT2D eigenvalue weighted by Gasteiger charge is -2.39. The molecule has 1 aromatic carbocycles. The van der Waals surface area contributed by atoms with E-state index in [1.807, 2.05) is 0 Å². The van der Waals surface area contributed by atoms with Gasteiger partial charge in [0.2, 0.25) is 0 Å². The van der Waals surface area contributed by atoms with E-state index in [2.05, 4.69) is 10.2 Å². The predicted molar refractivity (Wildman–Crippen MR) is 76.0 cm³/mol. The molecule has 3 atom stereocenters. The van der Waals surface area contributed by atoms with Crippen molar-refractivity contribution in [3.8, 4) is 0 Å². The average Bonchev–Trinajstić information content (AvgIpc) is 2.70. The molecule has 0 aromatic heterocycles. The SMILES string of the molecule is O=C(N[C@H]1C[C@H]2CC[C@@H](C1)N2Cc1ccc(F)cc1)C(F)(F)F. The number of hydrogen-bond acceptors (Lipinski definition) is 2.